The van der Waals surface area contributed by atoms with Crippen molar-refractivity contribution in [1.29, 1.82) is 0 Å². The number of piperidine rings is 1. The van der Waals surface area contributed by atoms with Crippen LogP contribution in [0.2, 0.25) is 0 Å². The monoisotopic (exact) mass is 296 g/mol. The molecule has 1 aliphatic heterocycles. The van der Waals surface area contributed by atoms with E-state index in [1.165, 1.54) is 0 Å². The van der Waals surface area contributed by atoms with Crippen molar-refractivity contribution in [1.82, 2.24) is 9.80 Å². The van der Waals surface area contributed by atoms with Gasteiger partial charge in [-0.3, -0.25) is 4.79 Å². The van der Waals surface area contributed by atoms with Crippen LogP contribution in [-0.4, -0.2) is 53.6 Å². The van der Waals surface area contributed by atoms with E-state index in [9.17, 15) is 14.7 Å². The number of urea groups is 1. The van der Waals surface area contributed by atoms with Crippen LogP contribution in [-0.2, 0) is 4.79 Å². The number of carboxylic acid groups (broad SMARTS) is 1. The quantitative estimate of drug-likeness (QED) is 0.580. The summed E-state index contributed by atoms with van der Waals surface area (Å²) in [5, 5.41) is 9.57. The molecule has 21 heavy (non-hydrogen) atoms. The van der Waals surface area contributed by atoms with Gasteiger partial charge in [0.05, 0.1) is 5.41 Å². The number of carbonyl (C=O) groups excluding carboxylic acids is 1. The first-order valence-electron chi connectivity index (χ1n) is 7.81. The summed E-state index contributed by atoms with van der Waals surface area (Å²) in [5.41, 5.74) is -0.759. The second kappa shape index (κ2) is 8.05. The Labute approximate surface area is 127 Å². The molecule has 1 heterocycles. The van der Waals surface area contributed by atoms with Crippen molar-refractivity contribution in [3.05, 3.63) is 12.7 Å². The van der Waals surface area contributed by atoms with Crippen molar-refractivity contribution < 1.29 is 14.7 Å². The lowest BCUT2D eigenvalue weighted by Gasteiger charge is -2.41. The molecule has 1 unspecified atom stereocenters. The number of unbranched alkanes of at least 4 members (excludes halogenated alkanes) is 1. The lowest BCUT2D eigenvalue weighted by Crippen LogP contribution is -2.53. The molecule has 0 radical (unpaired) electrons. The van der Waals surface area contributed by atoms with Crippen molar-refractivity contribution >= 4 is 12.0 Å². The number of allylic oxidation sites excluding steroid dienone is 1. The maximum Gasteiger partial charge on any atom is 0.319 e. The molecule has 0 saturated carbocycles. The standard InChI is InChI=1S/C16H28N2O3/c1-4-6-7-11-17(3)15(21)18-12-8-10-16(13-18,9-5-2)14(19)20/h4H,1,5-13H2,2-3H3,(H,19,20). The van der Waals surface area contributed by atoms with Crippen LogP contribution in [0.15, 0.2) is 12.7 Å². The van der Waals surface area contributed by atoms with Crippen LogP contribution in [0.3, 0.4) is 0 Å². The molecular weight excluding hydrogens is 268 g/mol. The Kier molecular flexibility index (Phi) is 6.72. The van der Waals surface area contributed by atoms with Crippen molar-refractivity contribution in [3.8, 4) is 0 Å². The van der Waals surface area contributed by atoms with E-state index in [1.807, 2.05) is 13.0 Å². The summed E-state index contributed by atoms with van der Waals surface area (Å²) in [6.45, 7) is 7.33. The minimum Gasteiger partial charge on any atom is -0.481 e. The van der Waals surface area contributed by atoms with Gasteiger partial charge in [0.1, 0.15) is 0 Å². The van der Waals surface area contributed by atoms with Gasteiger partial charge in [-0.05, 0) is 32.1 Å². The number of carbonyl (C=O) groups is 2. The molecular formula is C16H28N2O3. The fraction of sp³-hybridized carbons (Fsp3) is 0.750. The fourth-order valence-corrected chi connectivity index (χ4v) is 3.07. The van der Waals surface area contributed by atoms with Gasteiger partial charge < -0.3 is 14.9 Å². The molecule has 1 rings (SSSR count). The molecule has 5 nitrogen and oxygen atoms in total. The number of carboxylic acids is 1. The SMILES string of the molecule is C=CCCCN(C)C(=O)N1CCCC(CCC)(C(=O)O)C1. The van der Waals surface area contributed by atoms with Crippen molar-refractivity contribution in [3.63, 3.8) is 0 Å². The Balaban J connectivity index is 2.67. The van der Waals surface area contributed by atoms with Crippen molar-refractivity contribution in [2.24, 2.45) is 5.41 Å². The molecule has 0 aromatic carbocycles. The van der Waals surface area contributed by atoms with Crippen molar-refractivity contribution in [2.75, 3.05) is 26.7 Å². The first-order chi connectivity index (χ1) is 9.96. The van der Waals surface area contributed by atoms with Gasteiger partial charge in [-0.25, -0.2) is 4.79 Å². The minimum atomic E-state index is -0.767. The Morgan fingerprint density at radius 1 is 1.48 bits per heavy atom. The van der Waals surface area contributed by atoms with Crippen LogP contribution in [0.5, 0.6) is 0 Å². The van der Waals surface area contributed by atoms with Crippen LogP contribution >= 0.6 is 0 Å². The van der Waals surface area contributed by atoms with E-state index in [0.29, 0.717) is 32.5 Å². The van der Waals surface area contributed by atoms with Gasteiger partial charge in [0.25, 0.3) is 0 Å². The van der Waals surface area contributed by atoms with E-state index in [2.05, 4.69) is 6.58 Å². The Morgan fingerprint density at radius 3 is 2.76 bits per heavy atom. The number of hydrogen-bond acceptors (Lipinski definition) is 2. The first kappa shape index (κ1) is 17.5. The summed E-state index contributed by atoms with van der Waals surface area (Å²) >= 11 is 0. The predicted molar refractivity (Wildman–Crippen MR) is 83.2 cm³/mol. The molecule has 0 aromatic rings. The summed E-state index contributed by atoms with van der Waals surface area (Å²) in [5.74, 6) is -0.767. The normalized spacial score (nSPS) is 21.9. The van der Waals surface area contributed by atoms with Crippen LogP contribution in [0, 0.1) is 5.41 Å². The third kappa shape index (κ3) is 4.48. The zero-order valence-electron chi connectivity index (χ0n) is 13.3. The molecule has 5 heteroatoms. The minimum absolute atomic E-state index is 0.0551. The molecule has 1 N–H and O–H groups in total. The summed E-state index contributed by atoms with van der Waals surface area (Å²) in [4.78, 5) is 27.5. The lowest BCUT2D eigenvalue weighted by molar-refractivity contribution is -0.152. The maximum atomic E-state index is 12.4. The average Bonchev–Trinajstić information content (AvgIpc) is 2.47. The fourth-order valence-electron chi connectivity index (χ4n) is 3.07. The zero-order valence-corrected chi connectivity index (χ0v) is 13.3. The first-order valence-corrected chi connectivity index (χ1v) is 7.81. The van der Waals surface area contributed by atoms with Crippen LogP contribution < -0.4 is 0 Å². The Bertz CT molecular complexity index is 380. The van der Waals surface area contributed by atoms with Gasteiger partial charge in [0, 0.05) is 26.7 Å². The van der Waals surface area contributed by atoms with E-state index in [0.717, 1.165) is 25.7 Å². The van der Waals surface area contributed by atoms with Crippen LogP contribution in [0.4, 0.5) is 4.79 Å². The molecule has 120 valence electrons. The maximum absolute atomic E-state index is 12.4. The highest BCUT2D eigenvalue weighted by atomic mass is 16.4. The smallest absolute Gasteiger partial charge is 0.319 e. The lowest BCUT2D eigenvalue weighted by atomic mass is 9.76. The molecule has 1 atom stereocenters. The van der Waals surface area contributed by atoms with E-state index in [1.54, 1.807) is 16.8 Å². The molecule has 0 aliphatic carbocycles. The van der Waals surface area contributed by atoms with Gasteiger partial charge in [-0.2, -0.15) is 0 Å². The van der Waals surface area contributed by atoms with Crippen LogP contribution in [0.1, 0.15) is 45.4 Å². The second-order valence-electron chi connectivity index (χ2n) is 6.00. The highest BCUT2D eigenvalue weighted by Gasteiger charge is 2.43. The number of hydrogen-bond donors (Lipinski definition) is 1. The summed E-state index contributed by atoms with van der Waals surface area (Å²) < 4.78 is 0. The van der Waals surface area contributed by atoms with Gasteiger partial charge in [0.15, 0.2) is 0 Å². The number of aliphatic carboxylic acids is 1. The van der Waals surface area contributed by atoms with Crippen molar-refractivity contribution in [2.45, 2.75) is 45.4 Å². The number of rotatable bonds is 7. The summed E-state index contributed by atoms with van der Waals surface area (Å²) in [6.07, 6.45) is 6.50. The highest BCUT2D eigenvalue weighted by Crippen LogP contribution is 2.35. The topological polar surface area (TPSA) is 60.9 Å². The second-order valence-corrected chi connectivity index (χ2v) is 6.00. The third-order valence-electron chi connectivity index (χ3n) is 4.26. The predicted octanol–water partition coefficient (Wildman–Crippen LogP) is 2.97. The van der Waals surface area contributed by atoms with E-state index in [4.69, 9.17) is 0 Å². The van der Waals surface area contributed by atoms with Gasteiger partial charge in [-0.1, -0.05) is 19.4 Å². The van der Waals surface area contributed by atoms with E-state index in [-0.39, 0.29) is 6.03 Å². The average molecular weight is 296 g/mol. The molecule has 0 spiro atoms. The van der Waals surface area contributed by atoms with Gasteiger partial charge in [-0.15, -0.1) is 6.58 Å². The molecule has 2 amide bonds. The van der Waals surface area contributed by atoms with E-state index >= 15 is 0 Å². The molecule has 1 saturated heterocycles. The summed E-state index contributed by atoms with van der Waals surface area (Å²) in [6, 6.07) is -0.0551. The number of nitrogens with zero attached hydrogens (tertiary/aromatic N) is 2. The number of amides is 2. The van der Waals surface area contributed by atoms with Crippen LogP contribution in [0.25, 0.3) is 0 Å². The largest absolute Gasteiger partial charge is 0.481 e. The highest BCUT2D eigenvalue weighted by molar-refractivity contribution is 5.78. The zero-order chi connectivity index (χ0) is 15.9. The molecule has 0 aromatic heterocycles. The van der Waals surface area contributed by atoms with Gasteiger partial charge in [0.2, 0.25) is 0 Å². The third-order valence-corrected chi connectivity index (χ3v) is 4.26. The van der Waals surface area contributed by atoms with E-state index < -0.39 is 11.4 Å². The molecule has 0 bridgehead atoms. The van der Waals surface area contributed by atoms with Gasteiger partial charge >= 0.3 is 12.0 Å². The Hall–Kier alpha value is -1.52. The Morgan fingerprint density at radius 2 is 2.19 bits per heavy atom. The molecule has 1 aliphatic rings. The number of likely N-dealkylation sites (tertiary alicyclic amines) is 1. The molecule has 1 fully saturated rings. The summed E-state index contributed by atoms with van der Waals surface area (Å²) in [7, 11) is 1.78.